The van der Waals surface area contributed by atoms with Crippen LogP contribution in [0.5, 0.6) is 0 Å². The molecule has 0 radical (unpaired) electrons. The lowest BCUT2D eigenvalue weighted by Gasteiger charge is -2.28. The summed E-state index contributed by atoms with van der Waals surface area (Å²) in [5.41, 5.74) is 1.17. The largest absolute Gasteiger partial charge is 0.468 e. The van der Waals surface area contributed by atoms with Gasteiger partial charge in [0, 0.05) is 25.9 Å². The molecular weight excluding hydrogens is 406 g/mol. The predicted molar refractivity (Wildman–Crippen MR) is 113 cm³/mol. The molecule has 1 N–H and O–H groups in total. The van der Waals surface area contributed by atoms with Crippen LogP contribution in [-0.4, -0.2) is 55.9 Å². The van der Waals surface area contributed by atoms with Gasteiger partial charge >= 0.3 is 5.97 Å². The van der Waals surface area contributed by atoms with E-state index in [9.17, 15) is 14.9 Å². The molecule has 30 heavy (non-hydrogen) atoms. The van der Waals surface area contributed by atoms with Gasteiger partial charge in [-0.1, -0.05) is 11.8 Å². The average molecular weight is 434 g/mol. The van der Waals surface area contributed by atoms with E-state index >= 15 is 0 Å². The van der Waals surface area contributed by atoms with Crippen molar-refractivity contribution < 1.29 is 23.5 Å². The number of nitrogens with zero attached hydrogens (tertiary/aromatic N) is 2. The number of carbonyl (C=O) groups is 2. The van der Waals surface area contributed by atoms with E-state index in [1.807, 2.05) is 13.8 Å². The molecule has 0 bridgehead atoms. The Bertz CT molecular complexity index is 850. The maximum Gasteiger partial charge on any atom is 0.336 e. The number of rotatable bonds is 10. The number of allylic oxidation sites excluding steroid dienone is 2. The maximum absolute atomic E-state index is 12.8. The van der Waals surface area contributed by atoms with E-state index in [0.29, 0.717) is 40.7 Å². The molecule has 1 amide bonds. The molecule has 8 nitrogen and oxygen atoms in total. The first-order chi connectivity index (χ1) is 14.5. The van der Waals surface area contributed by atoms with Gasteiger partial charge in [-0.05, 0) is 32.9 Å². The molecule has 1 atom stereocenters. The van der Waals surface area contributed by atoms with Gasteiger partial charge in [-0.15, -0.1) is 0 Å². The lowest BCUT2D eigenvalue weighted by molar-refractivity contribution is -0.140. The third kappa shape index (κ3) is 5.46. The van der Waals surface area contributed by atoms with Crippen molar-refractivity contribution in [1.82, 2.24) is 10.2 Å². The fraction of sp³-hybridized carbons (Fsp3) is 0.476. The lowest BCUT2D eigenvalue weighted by atomic mass is 9.86. The number of methoxy groups -OCH3 is 1. The standard InChI is InChI=1S/C21H27N3O5S/c1-5-24(6-2)17(25)13-30-20-15(12-22)19(16-8-7-9-28-16)18(14(3)23-20)21(26)29-11-10-27-4/h7-9,19,23H,5-6,10-11,13H2,1-4H3/t19-/m1/s1. The van der Waals surface area contributed by atoms with Crippen molar-refractivity contribution in [3.63, 3.8) is 0 Å². The van der Waals surface area contributed by atoms with Crippen LogP contribution in [0, 0.1) is 11.3 Å². The summed E-state index contributed by atoms with van der Waals surface area (Å²) in [6.07, 6.45) is 1.49. The molecular formula is C21H27N3O5S. The number of carbonyl (C=O) groups excluding carboxylic acids is 2. The highest BCUT2D eigenvalue weighted by Crippen LogP contribution is 2.41. The van der Waals surface area contributed by atoms with Crippen LogP contribution in [0.15, 0.2) is 44.7 Å². The van der Waals surface area contributed by atoms with Crippen molar-refractivity contribution in [3.05, 3.63) is 46.0 Å². The first-order valence-corrected chi connectivity index (χ1v) is 10.7. The van der Waals surface area contributed by atoms with Crippen LogP contribution in [-0.2, 0) is 19.1 Å². The Morgan fingerprint density at radius 1 is 1.33 bits per heavy atom. The van der Waals surface area contributed by atoms with E-state index in [-0.39, 0.29) is 24.9 Å². The molecule has 162 valence electrons. The molecule has 1 aliphatic heterocycles. The SMILES string of the molecule is CCN(CC)C(=O)CSC1=C(C#N)[C@H](c2ccco2)C(C(=O)OCCOC)=C(C)N1. The van der Waals surface area contributed by atoms with Gasteiger partial charge in [0.1, 0.15) is 12.4 Å². The molecule has 1 aromatic heterocycles. The Morgan fingerprint density at radius 2 is 2.07 bits per heavy atom. The summed E-state index contributed by atoms with van der Waals surface area (Å²) in [5.74, 6) is -0.639. The summed E-state index contributed by atoms with van der Waals surface area (Å²) < 4.78 is 15.8. The highest BCUT2D eigenvalue weighted by Gasteiger charge is 2.37. The first-order valence-electron chi connectivity index (χ1n) is 9.70. The van der Waals surface area contributed by atoms with E-state index in [0.717, 1.165) is 0 Å². The zero-order valence-corrected chi connectivity index (χ0v) is 18.5. The number of esters is 1. The molecule has 1 aliphatic rings. The van der Waals surface area contributed by atoms with Gasteiger partial charge in [-0.2, -0.15) is 5.26 Å². The number of furan rings is 1. The number of nitriles is 1. The predicted octanol–water partition coefficient (Wildman–Crippen LogP) is 2.77. The van der Waals surface area contributed by atoms with E-state index < -0.39 is 11.9 Å². The molecule has 9 heteroatoms. The topological polar surface area (TPSA) is 105 Å². The smallest absolute Gasteiger partial charge is 0.336 e. The molecule has 2 heterocycles. The molecule has 1 aromatic rings. The van der Waals surface area contributed by atoms with E-state index in [2.05, 4.69) is 11.4 Å². The second kappa shape index (κ2) is 11.5. The molecule has 0 saturated carbocycles. The third-order valence-electron chi connectivity index (χ3n) is 4.67. The number of nitrogens with one attached hydrogen (secondary N) is 1. The number of hydrogen-bond donors (Lipinski definition) is 1. The molecule has 0 saturated heterocycles. The molecule has 0 fully saturated rings. The van der Waals surface area contributed by atoms with Gasteiger partial charge in [0.15, 0.2) is 0 Å². The fourth-order valence-electron chi connectivity index (χ4n) is 3.13. The maximum atomic E-state index is 12.8. The summed E-state index contributed by atoms with van der Waals surface area (Å²) in [5, 5.41) is 13.6. The highest BCUT2D eigenvalue weighted by molar-refractivity contribution is 8.03. The van der Waals surface area contributed by atoms with Gasteiger partial charge in [-0.3, -0.25) is 4.79 Å². The molecule has 0 aliphatic carbocycles. The third-order valence-corrected chi connectivity index (χ3v) is 5.67. The summed E-state index contributed by atoms with van der Waals surface area (Å²) in [4.78, 5) is 26.9. The lowest BCUT2D eigenvalue weighted by Crippen LogP contribution is -2.33. The van der Waals surface area contributed by atoms with Crippen LogP contribution in [0.2, 0.25) is 0 Å². The summed E-state index contributed by atoms with van der Waals surface area (Å²) >= 11 is 1.24. The Kier molecular flexibility index (Phi) is 9.02. The summed E-state index contributed by atoms with van der Waals surface area (Å²) in [6, 6.07) is 5.61. The zero-order chi connectivity index (χ0) is 22.1. The molecule has 2 rings (SSSR count). The number of thioether (sulfide) groups is 1. The minimum absolute atomic E-state index is 0.0162. The Morgan fingerprint density at radius 3 is 2.63 bits per heavy atom. The van der Waals surface area contributed by atoms with Crippen molar-refractivity contribution in [2.75, 3.05) is 39.2 Å². The molecule has 0 spiro atoms. The monoisotopic (exact) mass is 433 g/mol. The van der Waals surface area contributed by atoms with Crippen LogP contribution >= 0.6 is 11.8 Å². The number of amides is 1. The normalized spacial score (nSPS) is 16.2. The summed E-state index contributed by atoms with van der Waals surface area (Å²) in [6.45, 7) is 7.20. The van der Waals surface area contributed by atoms with Gasteiger partial charge < -0.3 is 24.1 Å². The van der Waals surface area contributed by atoms with Crippen molar-refractivity contribution in [3.8, 4) is 6.07 Å². The van der Waals surface area contributed by atoms with Gasteiger partial charge in [0.2, 0.25) is 5.91 Å². The van der Waals surface area contributed by atoms with E-state index in [1.165, 1.54) is 25.1 Å². The minimum Gasteiger partial charge on any atom is -0.468 e. The molecule has 0 aromatic carbocycles. The number of hydrogen-bond acceptors (Lipinski definition) is 8. The van der Waals surface area contributed by atoms with Crippen LogP contribution in [0.25, 0.3) is 0 Å². The Hall–Kier alpha value is -2.70. The second-order valence-corrected chi connectivity index (χ2v) is 7.44. The Balaban J connectivity index is 2.34. The second-order valence-electron chi connectivity index (χ2n) is 6.45. The fourth-order valence-corrected chi connectivity index (χ4v) is 4.13. The number of ether oxygens (including phenoxy) is 2. The first kappa shape index (κ1) is 23.6. The average Bonchev–Trinajstić information content (AvgIpc) is 3.27. The molecule has 0 unspecified atom stereocenters. The van der Waals surface area contributed by atoms with E-state index in [4.69, 9.17) is 13.9 Å². The van der Waals surface area contributed by atoms with Gasteiger partial charge in [-0.25, -0.2) is 4.79 Å². The van der Waals surface area contributed by atoms with Crippen LogP contribution in [0.4, 0.5) is 0 Å². The Labute approximate surface area is 180 Å². The van der Waals surface area contributed by atoms with Crippen molar-refractivity contribution in [2.24, 2.45) is 0 Å². The quantitative estimate of drug-likeness (QED) is 0.444. The zero-order valence-electron chi connectivity index (χ0n) is 17.7. The van der Waals surface area contributed by atoms with E-state index in [1.54, 1.807) is 24.0 Å². The minimum atomic E-state index is -0.715. The number of dihydropyridines is 1. The van der Waals surface area contributed by atoms with Gasteiger partial charge in [0.25, 0.3) is 0 Å². The highest BCUT2D eigenvalue weighted by atomic mass is 32.2. The van der Waals surface area contributed by atoms with Crippen LogP contribution < -0.4 is 5.32 Å². The van der Waals surface area contributed by atoms with Crippen molar-refractivity contribution in [2.45, 2.75) is 26.7 Å². The summed E-state index contributed by atoms with van der Waals surface area (Å²) in [7, 11) is 1.52. The van der Waals surface area contributed by atoms with Crippen molar-refractivity contribution >= 4 is 23.6 Å². The van der Waals surface area contributed by atoms with Crippen molar-refractivity contribution in [1.29, 1.82) is 5.26 Å². The van der Waals surface area contributed by atoms with Crippen LogP contribution in [0.3, 0.4) is 0 Å². The van der Waals surface area contributed by atoms with Gasteiger partial charge in [0.05, 0.1) is 46.8 Å². The van der Waals surface area contributed by atoms with Crippen LogP contribution in [0.1, 0.15) is 32.4 Å².